The first kappa shape index (κ1) is 15.1. The van der Waals surface area contributed by atoms with E-state index in [9.17, 15) is 5.11 Å². The highest BCUT2D eigenvalue weighted by Crippen LogP contribution is 2.29. The number of anilines is 2. The van der Waals surface area contributed by atoms with Crippen molar-refractivity contribution < 1.29 is 5.11 Å². The summed E-state index contributed by atoms with van der Waals surface area (Å²) in [4.78, 5) is 8.67. The number of nitrogens with zero attached hydrogens (tertiary/aromatic N) is 4. The van der Waals surface area contributed by atoms with Crippen molar-refractivity contribution in [3.8, 4) is 5.75 Å². The van der Waals surface area contributed by atoms with E-state index in [1.54, 1.807) is 12.3 Å². The fourth-order valence-corrected chi connectivity index (χ4v) is 2.74. The maximum atomic E-state index is 10.0. The number of hydrogen-bond donors (Lipinski definition) is 2. The Balaban J connectivity index is 1.70. The van der Waals surface area contributed by atoms with Crippen molar-refractivity contribution in [1.82, 2.24) is 19.7 Å². The van der Waals surface area contributed by atoms with Gasteiger partial charge < -0.3 is 10.4 Å². The zero-order chi connectivity index (χ0) is 17.2. The third-order valence-electron chi connectivity index (χ3n) is 4.01. The highest BCUT2D eigenvalue weighted by molar-refractivity contribution is 5.88. The highest BCUT2D eigenvalue weighted by Gasteiger charge is 2.11. The van der Waals surface area contributed by atoms with Crippen molar-refractivity contribution in [3.05, 3.63) is 72.2 Å². The second-order valence-corrected chi connectivity index (χ2v) is 5.89. The molecule has 6 heteroatoms. The molecule has 0 saturated carbocycles. The van der Waals surface area contributed by atoms with E-state index in [2.05, 4.69) is 32.5 Å². The van der Waals surface area contributed by atoms with Gasteiger partial charge in [0.1, 0.15) is 17.9 Å². The van der Waals surface area contributed by atoms with Gasteiger partial charge in [-0.1, -0.05) is 36.4 Å². The Morgan fingerprint density at radius 3 is 2.76 bits per heavy atom. The topological polar surface area (TPSA) is 75.9 Å². The summed E-state index contributed by atoms with van der Waals surface area (Å²) in [6.45, 7) is 2.61. The SMILES string of the molecule is Cc1ccc(O)c(Nc2ncnc3c2cnn3Cc2ccccc2)c1. The maximum absolute atomic E-state index is 10.0. The van der Waals surface area contributed by atoms with Crippen molar-refractivity contribution in [2.24, 2.45) is 0 Å². The summed E-state index contributed by atoms with van der Waals surface area (Å²) in [6.07, 6.45) is 3.24. The van der Waals surface area contributed by atoms with E-state index in [1.165, 1.54) is 6.33 Å². The van der Waals surface area contributed by atoms with Crippen LogP contribution >= 0.6 is 0 Å². The van der Waals surface area contributed by atoms with Crippen LogP contribution in [-0.4, -0.2) is 24.9 Å². The molecule has 0 aliphatic heterocycles. The van der Waals surface area contributed by atoms with Crippen LogP contribution in [0.1, 0.15) is 11.1 Å². The number of rotatable bonds is 4. The Morgan fingerprint density at radius 2 is 1.92 bits per heavy atom. The summed E-state index contributed by atoms with van der Waals surface area (Å²) >= 11 is 0. The third-order valence-corrected chi connectivity index (χ3v) is 4.01. The molecule has 2 heterocycles. The van der Waals surface area contributed by atoms with E-state index < -0.39 is 0 Å². The lowest BCUT2D eigenvalue weighted by Gasteiger charge is -2.09. The summed E-state index contributed by atoms with van der Waals surface area (Å²) in [5.74, 6) is 0.791. The zero-order valence-corrected chi connectivity index (χ0v) is 13.7. The normalized spacial score (nSPS) is 10.9. The molecule has 2 N–H and O–H groups in total. The molecule has 0 unspecified atom stereocenters. The molecule has 0 atom stereocenters. The van der Waals surface area contributed by atoms with E-state index in [0.29, 0.717) is 18.1 Å². The van der Waals surface area contributed by atoms with Gasteiger partial charge in [0.2, 0.25) is 0 Å². The lowest BCUT2D eigenvalue weighted by molar-refractivity contribution is 0.477. The second kappa shape index (κ2) is 6.24. The predicted molar refractivity (Wildman–Crippen MR) is 97.0 cm³/mol. The molecule has 0 fully saturated rings. The van der Waals surface area contributed by atoms with Gasteiger partial charge in [-0.25, -0.2) is 14.6 Å². The average Bonchev–Trinajstić information content (AvgIpc) is 3.03. The molecular formula is C19H17N5O. The van der Waals surface area contributed by atoms with E-state index in [-0.39, 0.29) is 5.75 Å². The van der Waals surface area contributed by atoms with Crippen LogP contribution in [0.3, 0.4) is 0 Å². The van der Waals surface area contributed by atoms with Crippen molar-refractivity contribution >= 4 is 22.5 Å². The molecule has 0 radical (unpaired) electrons. The molecule has 4 rings (SSSR count). The standard InChI is InChI=1S/C19H17N5O/c1-13-7-8-17(25)16(9-13)23-18-15-10-22-24(19(15)21-12-20-18)11-14-5-3-2-4-6-14/h2-10,12,25H,11H2,1H3,(H,20,21,23). The number of nitrogens with one attached hydrogen (secondary N) is 1. The first-order chi connectivity index (χ1) is 12.2. The molecule has 2 aromatic carbocycles. The van der Waals surface area contributed by atoms with E-state index >= 15 is 0 Å². The number of aromatic hydroxyl groups is 1. The van der Waals surface area contributed by atoms with E-state index in [1.807, 2.05) is 41.9 Å². The monoisotopic (exact) mass is 331 g/mol. The van der Waals surface area contributed by atoms with Gasteiger partial charge in [-0.3, -0.25) is 0 Å². The number of aryl methyl sites for hydroxylation is 1. The molecule has 25 heavy (non-hydrogen) atoms. The number of fused-ring (bicyclic) bond motifs is 1. The summed E-state index contributed by atoms with van der Waals surface area (Å²) in [6, 6.07) is 15.5. The van der Waals surface area contributed by atoms with E-state index in [0.717, 1.165) is 22.2 Å². The quantitative estimate of drug-likeness (QED) is 0.559. The molecule has 0 aliphatic rings. The van der Waals surface area contributed by atoms with Crippen LogP contribution in [0, 0.1) is 6.92 Å². The molecule has 0 bridgehead atoms. The Hall–Kier alpha value is -3.41. The van der Waals surface area contributed by atoms with Gasteiger partial charge in [-0.15, -0.1) is 0 Å². The molecule has 124 valence electrons. The van der Waals surface area contributed by atoms with Crippen LogP contribution in [0.5, 0.6) is 5.75 Å². The maximum Gasteiger partial charge on any atom is 0.163 e. The van der Waals surface area contributed by atoms with Gasteiger partial charge in [-0.05, 0) is 30.2 Å². The predicted octanol–water partition coefficient (Wildman–Crippen LogP) is 3.63. The number of benzene rings is 2. The Labute approximate surface area is 144 Å². The minimum absolute atomic E-state index is 0.175. The Kier molecular flexibility index (Phi) is 3.78. The fraction of sp³-hybridized carbons (Fsp3) is 0.105. The van der Waals surface area contributed by atoms with Gasteiger partial charge in [0, 0.05) is 0 Å². The van der Waals surface area contributed by atoms with Crippen molar-refractivity contribution in [3.63, 3.8) is 0 Å². The zero-order valence-electron chi connectivity index (χ0n) is 13.7. The largest absolute Gasteiger partial charge is 0.506 e. The summed E-state index contributed by atoms with van der Waals surface area (Å²) in [5, 5.41) is 18.5. The van der Waals surface area contributed by atoms with E-state index in [4.69, 9.17) is 0 Å². The molecule has 0 aliphatic carbocycles. The minimum atomic E-state index is 0.175. The Bertz CT molecular complexity index is 1030. The lowest BCUT2D eigenvalue weighted by atomic mass is 10.2. The smallest absolute Gasteiger partial charge is 0.163 e. The summed E-state index contributed by atoms with van der Waals surface area (Å²) in [7, 11) is 0. The fourth-order valence-electron chi connectivity index (χ4n) is 2.74. The van der Waals surface area contributed by atoms with Gasteiger partial charge in [0.15, 0.2) is 5.65 Å². The first-order valence-corrected chi connectivity index (χ1v) is 7.98. The molecule has 6 nitrogen and oxygen atoms in total. The lowest BCUT2D eigenvalue weighted by Crippen LogP contribution is -2.03. The minimum Gasteiger partial charge on any atom is -0.506 e. The van der Waals surface area contributed by atoms with Crippen molar-refractivity contribution in [2.75, 3.05) is 5.32 Å². The van der Waals surface area contributed by atoms with Gasteiger partial charge in [0.05, 0.1) is 23.8 Å². The van der Waals surface area contributed by atoms with Crippen molar-refractivity contribution in [2.45, 2.75) is 13.5 Å². The van der Waals surface area contributed by atoms with Crippen LogP contribution in [0.25, 0.3) is 11.0 Å². The number of phenolic OH excluding ortho intramolecular Hbond substituents is 1. The summed E-state index contributed by atoms with van der Waals surface area (Å²) < 4.78 is 1.84. The second-order valence-electron chi connectivity index (χ2n) is 5.89. The molecular weight excluding hydrogens is 314 g/mol. The molecule has 0 spiro atoms. The van der Waals surface area contributed by atoms with Crippen LogP contribution in [0.4, 0.5) is 11.5 Å². The van der Waals surface area contributed by atoms with Gasteiger partial charge in [-0.2, -0.15) is 5.10 Å². The van der Waals surface area contributed by atoms with Gasteiger partial charge in [0.25, 0.3) is 0 Å². The molecule has 0 amide bonds. The molecule has 4 aromatic rings. The molecule has 2 aromatic heterocycles. The third kappa shape index (κ3) is 3.01. The number of hydrogen-bond acceptors (Lipinski definition) is 5. The number of phenols is 1. The first-order valence-electron chi connectivity index (χ1n) is 7.98. The van der Waals surface area contributed by atoms with Gasteiger partial charge >= 0.3 is 0 Å². The average molecular weight is 331 g/mol. The number of aromatic nitrogens is 4. The highest BCUT2D eigenvalue weighted by atomic mass is 16.3. The van der Waals surface area contributed by atoms with Crippen LogP contribution in [0.2, 0.25) is 0 Å². The molecule has 0 saturated heterocycles. The van der Waals surface area contributed by atoms with Crippen LogP contribution < -0.4 is 5.32 Å². The Morgan fingerprint density at radius 1 is 1.08 bits per heavy atom. The summed E-state index contributed by atoms with van der Waals surface area (Å²) in [5.41, 5.74) is 3.55. The van der Waals surface area contributed by atoms with Crippen molar-refractivity contribution in [1.29, 1.82) is 0 Å². The van der Waals surface area contributed by atoms with Crippen LogP contribution in [0.15, 0.2) is 61.1 Å². The van der Waals surface area contributed by atoms with Crippen LogP contribution in [-0.2, 0) is 6.54 Å².